The molecule has 1 saturated heterocycles. The van der Waals surface area contributed by atoms with Crippen LogP contribution in [0.4, 0.5) is 19.0 Å². The van der Waals surface area contributed by atoms with Crippen LogP contribution in [0.25, 0.3) is 0 Å². The number of carbonyl (C=O) groups excluding carboxylic acids is 1. The molecule has 3 rings (SSSR count). The van der Waals surface area contributed by atoms with Crippen LogP contribution in [0.15, 0.2) is 36.5 Å². The number of carbonyl (C=O) groups is 1. The van der Waals surface area contributed by atoms with E-state index in [2.05, 4.69) is 4.98 Å². The molecule has 2 heterocycles. The van der Waals surface area contributed by atoms with Crippen molar-refractivity contribution in [3.8, 4) is 5.75 Å². The second-order valence-electron chi connectivity index (χ2n) is 7.11. The molecule has 1 aromatic carbocycles. The van der Waals surface area contributed by atoms with Crippen molar-refractivity contribution < 1.29 is 23.1 Å². The highest BCUT2D eigenvalue weighted by atomic mass is 35.5. The molecular formula is C20H21ClF3N3O2. The summed E-state index contributed by atoms with van der Waals surface area (Å²) in [5, 5.41) is 9.82. The number of pyridine rings is 1. The van der Waals surface area contributed by atoms with Gasteiger partial charge in [-0.15, -0.1) is 0 Å². The third kappa shape index (κ3) is 4.93. The standard InChI is InChI=1S/C20H21ClF3N3O2/c1-26(12-14-4-2-3-5-17(14)28)19(29)13-6-8-27(9-7-13)18-16(21)10-15(11-25-18)20(22,23)24/h2-5,10-11,13,28H,6-9,12H2,1H3. The molecule has 0 radical (unpaired) electrons. The van der Waals surface area contributed by atoms with Crippen LogP contribution in [0.2, 0.25) is 5.02 Å². The van der Waals surface area contributed by atoms with E-state index in [0.29, 0.717) is 43.9 Å². The molecule has 0 spiro atoms. The fourth-order valence-electron chi connectivity index (χ4n) is 3.45. The third-order valence-electron chi connectivity index (χ3n) is 5.07. The fourth-order valence-corrected chi connectivity index (χ4v) is 3.73. The molecule has 1 aromatic heterocycles. The summed E-state index contributed by atoms with van der Waals surface area (Å²) in [6.07, 6.45) is -2.63. The van der Waals surface area contributed by atoms with E-state index in [4.69, 9.17) is 11.6 Å². The molecule has 1 fully saturated rings. The predicted molar refractivity (Wildman–Crippen MR) is 104 cm³/mol. The number of hydrogen-bond acceptors (Lipinski definition) is 4. The number of benzene rings is 1. The van der Waals surface area contributed by atoms with E-state index in [-0.39, 0.29) is 22.6 Å². The smallest absolute Gasteiger partial charge is 0.417 e. The van der Waals surface area contributed by atoms with Crippen molar-refractivity contribution in [1.82, 2.24) is 9.88 Å². The lowest BCUT2D eigenvalue weighted by atomic mass is 9.95. The van der Waals surface area contributed by atoms with E-state index in [1.54, 1.807) is 41.1 Å². The number of halogens is 4. The minimum absolute atomic E-state index is 0.0284. The number of phenolic OH excluding ortho intramolecular Hbond substituents is 1. The van der Waals surface area contributed by atoms with Gasteiger partial charge in [0, 0.05) is 44.4 Å². The van der Waals surface area contributed by atoms with Gasteiger partial charge in [0.05, 0.1) is 10.6 Å². The lowest BCUT2D eigenvalue weighted by molar-refractivity contribution is -0.138. The first-order valence-electron chi connectivity index (χ1n) is 9.16. The Morgan fingerprint density at radius 3 is 2.55 bits per heavy atom. The van der Waals surface area contributed by atoms with E-state index in [1.807, 2.05) is 0 Å². The van der Waals surface area contributed by atoms with Crippen LogP contribution in [0.5, 0.6) is 5.75 Å². The normalized spacial score (nSPS) is 15.4. The first kappa shape index (κ1) is 21.2. The van der Waals surface area contributed by atoms with E-state index < -0.39 is 11.7 Å². The van der Waals surface area contributed by atoms with Crippen molar-refractivity contribution in [3.63, 3.8) is 0 Å². The van der Waals surface area contributed by atoms with Gasteiger partial charge in [-0.1, -0.05) is 29.8 Å². The van der Waals surface area contributed by atoms with E-state index in [0.717, 1.165) is 12.3 Å². The first-order valence-corrected chi connectivity index (χ1v) is 9.54. The molecule has 0 bridgehead atoms. The SMILES string of the molecule is CN(Cc1ccccc1O)C(=O)C1CCN(c2ncc(C(F)(F)F)cc2Cl)CC1. The van der Waals surface area contributed by atoms with Gasteiger partial charge >= 0.3 is 6.18 Å². The molecule has 0 unspecified atom stereocenters. The summed E-state index contributed by atoms with van der Waals surface area (Å²) in [4.78, 5) is 20.0. The molecule has 0 aliphatic carbocycles. The van der Waals surface area contributed by atoms with Crippen LogP contribution in [0.1, 0.15) is 24.0 Å². The van der Waals surface area contributed by atoms with Crippen molar-refractivity contribution >= 4 is 23.3 Å². The Bertz CT molecular complexity index is 884. The quantitative estimate of drug-likeness (QED) is 0.788. The number of amides is 1. The number of phenols is 1. The molecule has 156 valence electrons. The number of aromatic hydroxyl groups is 1. The van der Waals surface area contributed by atoms with Crippen LogP contribution >= 0.6 is 11.6 Å². The Morgan fingerprint density at radius 1 is 1.31 bits per heavy atom. The average molecular weight is 428 g/mol. The Kier molecular flexibility index (Phi) is 6.21. The van der Waals surface area contributed by atoms with Gasteiger partial charge in [-0.25, -0.2) is 4.98 Å². The Labute approximate surface area is 171 Å². The number of piperidine rings is 1. The monoisotopic (exact) mass is 427 g/mol. The minimum Gasteiger partial charge on any atom is -0.508 e. The molecular weight excluding hydrogens is 407 g/mol. The topological polar surface area (TPSA) is 56.7 Å². The zero-order chi connectivity index (χ0) is 21.2. The molecule has 1 aliphatic heterocycles. The maximum atomic E-state index is 12.8. The highest BCUT2D eigenvalue weighted by Crippen LogP contribution is 2.35. The summed E-state index contributed by atoms with van der Waals surface area (Å²) in [6.45, 7) is 1.25. The summed E-state index contributed by atoms with van der Waals surface area (Å²) in [6, 6.07) is 7.73. The maximum Gasteiger partial charge on any atom is 0.417 e. The van der Waals surface area contributed by atoms with Crippen molar-refractivity contribution in [2.24, 2.45) is 5.92 Å². The zero-order valence-corrected chi connectivity index (χ0v) is 16.5. The Morgan fingerprint density at radius 2 is 1.97 bits per heavy atom. The molecule has 1 amide bonds. The highest BCUT2D eigenvalue weighted by Gasteiger charge is 2.33. The largest absolute Gasteiger partial charge is 0.508 e. The lowest BCUT2D eigenvalue weighted by Crippen LogP contribution is -2.41. The summed E-state index contributed by atoms with van der Waals surface area (Å²) >= 11 is 6.02. The number of para-hydroxylation sites is 1. The number of anilines is 1. The summed E-state index contributed by atoms with van der Waals surface area (Å²) in [5.41, 5.74) is -0.219. The zero-order valence-electron chi connectivity index (χ0n) is 15.8. The Hall–Kier alpha value is -2.48. The van der Waals surface area contributed by atoms with Crippen LogP contribution in [0, 0.1) is 5.92 Å². The van der Waals surface area contributed by atoms with Crippen molar-refractivity contribution in [2.45, 2.75) is 25.6 Å². The second kappa shape index (κ2) is 8.49. The van der Waals surface area contributed by atoms with Crippen LogP contribution < -0.4 is 4.90 Å². The maximum absolute atomic E-state index is 12.8. The molecule has 0 atom stereocenters. The van der Waals surface area contributed by atoms with Gasteiger partial charge in [0.15, 0.2) is 0 Å². The molecule has 1 N–H and O–H groups in total. The van der Waals surface area contributed by atoms with Gasteiger partial charge in [-0.3, -0.25) is 4.79 Å². The second-order valence-corrected chi connectivity index (χ2v) is 7.52. The summed E-state index contributed by atoms with van der Waals surface area (Å²) in [5.74, 6) is 0.216. The summed E-state index contributed by atoms with van der Waals surface area (Å²) in [7, 11) is 1.69. The first-order chi connectivity index (χ1) is 13.7. The van der Waals surface area contributed by atoms with Gasteiger partial charge in [0.25, 0.3) is 0 Å². The Balaban J connectivity index is 1.60. The van der Waals surface area contributed by atoms with E-state index in [1.165, 1.54) is 0 Å². The minimum atomic E-state index is -4.49. The van der Waals surface area contributed by atoms with Gasteiger partial charge < -0.3 is 14.9 Å². The number of nitrogens with zero attached hydrogens (tertiary/aromatic N) is 3. The van der Waals surface area contributed by atoms with Gasteiger partial charge in [-0.2, -0.15) is 13.2 Å². The van der Waals surface area contributed by atoms with Gasteiger partial charge in [-0.05, 0) is 25.0 Å². The number of aromatic nitrogens is 1. The van der Waals surface area contributed by atoms with Crippen LogP contribution in [0.3, 0.4) is 0 Å². The lowest BCUT2D eigenvalue weighted by Gasteiger charge is -2.34. The van der Waals surface area contributed by atoms with Crippen molar-refractivity contribution in [3.05, 3.63) is 52.7 Å². The third-order valence-corrected chi connectivity index (χ3v) is 5.35. The van der Waals surface area contributed by atoms with Gasteiger partial charge in [0.1, 0.15) is 11.6 Å². The molecule has 0 saturated carbocycles. The van der Waals surface area contributed by atoms with Crippen LogP contribution in [-0.4, -0.2) is 41.0 Å². The fraction of sp³-hybridized carbons (Fsp3) is 0.400. The molecule has 5 nitrogen and oxygen atoms in total. The van der Waals surface area contributed by atoms with Gasteiger partial charge in [0.2, 0.25) is 5.91 Å². The van der Waals surface area contributed by atoms with Crippen molar-refractivity contribution in [2.75, 3.05) is 25.0 Å². The van der Waals surface area contributed by atoms with E-state index >= 15 is 0 Å². The predicted octanol–water partition coefficient (Wildman–Crippen LogP) is 4.33. The summed E-state index contributed by atoms with van der Waals surface area (Å²) < 4.78 is 38.3. The highest BCUT2D eigenvalue weighted by molar-refractivity contribution is 6.33. The number of alkyl halides is 3. The molecule has 9 heteroatoms. The molecule has 2 aromatic rings. The number of hydrogen-bond donors (Lipinski definition) is 1. The van der Waals surface area contributed by atoms with Crippen molar-refractivity contribution in [1.29, 1.82) is 0 Å². The number of rotatable bonds is 4. The molecule has 1 aliphatic rings. The van der Waals surface area contributed by atoms with E-state index in [9.17, 15) is 23.1 Å². The average Bonchev–Trinajstić information content (AvgIpc) is 2.68. The van der Waals surface area contributed by atoms with Crippen LogP contribution in [-0.2, 0) is 17.5 Å². The molecule has 29 heavy (non-hydrogen) atoms.